The van der Waals surface area contributed by atoms with Crippen LogP contribution in [0.25, 0.3) is 12.2 Å². The van der Waals surface area contributed by atoms with E-state index >= 15 is 0 Å². The maximum Gasteiger partial charge on any atom is 0.323 e. The van der Waals surface area contributed by atoms with Gasteiger partial charge in [0.15, 0.2) is 6.23 Å². The summed E-state index contributed by atoms with van der Waals surface area (Å²) >= 11 is 31.2. The molecular weight excluding hydrogens is 1300 g/mol. The number of rotatable bonds is 11. The van der Waals surface area contributed by atoms with Crippen LogP contribution in [0.1, 0.15) is 71.4 Å². The lowest BCUT2D eigenvalue weighted by Gasteiger charge is -2.39. The molecule has 3 aliphatic rings. The Balaban J connectivity index is 0.000000204. The quantitative estimate of drug-likeness (QED) is 0.0248. The number of fused-ring (bicyclic) bond motifs is 4. The van der Waals surface area contributed by atoms with Crippen molar-refractivity contribution in [1.29, 1.82) is 5.26 Å². The fourth-order valence-electron chi connectivity index (χ4n) is 8.38. The van der Waals surface area contributed by atoms with Crippen LogP contribution in [0.2, 0.25) is 25.1 Å². The molecule has 0 aromatic heterocycles. The Morgan fingerprint density at radius 2 is 1.14 bits per heavy atom. The third kappa shape index (κ3) is 23.3. The van der Waals surface area contributed by atoms with E-state index in [0.717, 1.165) is 51.3 Å². The Morgan fingerprint density at radius 3 is 1.68 bits per heavy atom. The summed E-state index contributed by atoms with van der Waals surface area (Å²) in [5.41, 5.74) is 58.2. The minimum Gasteiger partial charge on any atom is -0.369 e. The summed E-state index contributed by atoms with van der Waals surface area (Å²) in [7, 11) is 2.14. The minimum absolute atomic E-state index is 0.0214. The lowest BCUT2D eigenvalue weighted by atomic mass is 10.0. The maximum atomic E-state index is 11.8. The monoisotopic (exact) mass is 1370 g/mol. The number of aliphatic hydroxyl groups is 1. The van der Waals surface area contributed by atoms with Crippen molar-refractivity contribution in [1.82, 2.24) is 5.43 Å². The smallest absolute Gasteiger partial charge is 0.323 e. The SMILES string of the molecule is CC(C#N)c1ccc2c(c1)N(C)C1C=CC=CC1S2.CC/C(=N\N=C(N)N)c1ccccc1.NC(=O)N1c2ccccc2C=Cc2ccccc21.NC(N)=N/N=C/c1c(Cl)cccc1Cl.NC(N)=N/N=C/c1ccccc1Cl.NC(N)=NNC(O)c1c(Cl)cccc1Cl. The second-order valence-corrected chi connectivity index (χ2v) is 22.6. The van der Waals surface area contributed by atoms with Gasteiger partial charge in [0.1, 0.15) is 0 Å². The second kappa shape index (κ2) is 38.0. The van der Waals surface area contributed by atoms with Crippen molar-refractivity contribution >= 4 is 147 Å². The van der Waals surface area contributed by atoms with Crippen LogP contribution in [0, 0.1) is 11.3 Å². The van der Waals surface area contributed by atoms with Gasteiger partial charge in [0.2, 0.25) is 23.8 Å². The van der Waals surface area contributed by atoms with Gasteiger partial charge in [0, 0.05) is 43.7 Å². The number of carbonyl (C=O) groups is 1. The first-order chi connectivity index (χ1) is 44.5. The number of carbonyl (C=O) groups excluding carboxylic acids is 1. The first-order valence-corrected chi connectivity index (χ1v) is 30.6. The summed E-state index contributed by atoms with van der Waals surface area (Å²) in [4.78, 5) is 16.9. The number of nitriles is 1. The van der Waals surface area contributed by atoms with Gasteiger partial charge in [-0.3, -0.25) is 10.3 Å². The average Bonchev–Trinajstić information content (AvgIpc) is 1.49. The molecular formula is C65H69Cl5N20O2S. The van der Waals surface area contributed by atoms with E-state index in [-0.39, 0.29) is 29.8 Å². The molecule has 0 fully saturated rings. The zero-order valence-electron chi connectivity index (χ0n) is 50.5. The predicted octanol–water partition coefficient (Wildman–Crippen LogP) is 11.5. The van der Waals surface area contributed by atoms with Gasteiger partial charge < -0.3 is 61.6 Å². The highest BCUT2D eigenvalue weighted by Crippen LogP contribution is 2.44. The Hall–Kier alpha value is -10.0. The number of aliphatic hydroxyl groups excluding tert-OH is 1. The van der Waals surface area contributed by atoms with Crippen LogP contribution in [0.3, 0.4) is 0 Å². The standard InChI is InChI=1S/C16H16N2S.C15H12N2O.C10H14N4.C8H10Cl2N4O.C8H8Cl2N4.C8H9ClN4/c1-11(10-17)12-7-8-16-14(9-12)18(2)13-5-3-4-6-15(13)19-16;16-15(18)17-13-7-3-1-5-11(13)9-10-12-6-2-4-8-14(12)17;1-2-9(13-14-10(11)12)8-6-4-3-5-7-8;9-4-2-1-3-5(10)6(4)7(15)13-14-8(11)12;9-6-2-1-3-7(10)5(6)4-13-14-8(11)12;9-7-4-2-1-3-6(7)5-12-13-8(10)11/h3-9,11,13,15H,1-2H3;1-10H,(H2,16,18);3-7H,2H2,1H3,(H4,11,12,14);1-3,7,13,15H,(H4,11,12,14);1-4H,(H4,11,12,14);1-5H,(H4,10,11,13)/b;;13-9+;;13-4+;12-5+. The second-order valence-electron chi connectivity index (χ2n) is 19.3. The number of nitrogens with one attached hydrogen (secondary N) is 1. The van der Waals surface area contributed by atoms with E-state index in [1.54, 1.807) is 47.4 Å². The number of benzene rings is 7. The summed E-state index contributed by atoms with van der Waals surface area (Å²) in [5, 5.41) is 46.6. The summed E-state index contributed by atoms with van der Waals surface area (Å²) in [6.07, 6.45) is 15.3. The van der Waals surface area contributed by atoms with Crippen molar-refractivity contribution < 1.29 is 9.90 Å². The number of halogens is 5. The summed E-state index contributed by atoms with van der Waals surface area (Å²) in [5.74, 6) is -0.472. The van der Waals surface area contributed by atoms with Gasteiger partial charge in [0.05, 0.1) is 68.5 Å². The number of amides is 2. The number of nitrogens with zero attached hydrogens (tertiary/aromatic N) is 10. The number of thioether (sulfide) groups is 1. The van der Waals surface area contributed by atoms with Gasteiger partial charge >= 0.3 is 6.03 Å². The minimum atomic E-state index is -1.16. The molecule has 7 aromatic carbocycles. The lowest BCUT2D eigenvalue weighted by molar-refractivity contribution is 0.141. The molecule has 2 amide bonds. The molecule has 2 heterocycles. The molecule has 2 aliphatic heterocycles. The number of primary amides is 1. The normalized spacial score (nSPS) is 14.2. The zero-order valence-corrected chi connectivity index (χ0v) is 55.1. The molecule has 0 saturated carbocycles. The van der Waals surface area contributed by atoms with E-state index in [1.807, 2.05) is 135 Å². The number of allylic oxidation sites excluding steroid dienone is 2. The van der Waals surface area contributed by atoms with Crippen LogP contribution >= 0.6 is 69.8 Å². The third-order valence-electron chi connectivity index (χ3n) is 12.8. The summed E-state index contributed by atoms with van der Waals surface area (Å²) in [6.45, 7) is 3.96. The van der Waals surface area contributed by atoms with Crippen molar-refractivity contribution in [2.75, 3.05) is 16.8 Å². The van der Waals surface area contributed by atoms with Gasteiger partial charge in [-0.2, -0.15) is 20.6 Å². The molecule has 482 valence electrons. The number of hydrazone groups is 1. The van der Waals surface area contributed by atoms with Crippen molar-refractivity contribution in [3.8, 4) is 6.07 Å². The molecule has 1 aliphatic carbocycles. The number of hydrogen-bond acceptors (Lipinski definition) is 13. The van der Waals surface area contributed by atoms with Gasteiger partial charge in [-0.15, -0.1) is 32.2 Å². The fourth-order valence-corrected chi connectivity index (χ4v) is 11.0. The molecule has 28 heteroatoms. The van der Waals surface area contributed by atoms with Crippen LogP contribution in [-0.2, 0) is 0 Å². The average molecular weight is 1370 g/mol. The Kier molecular flexibility index (Phi) is 30.1. The number of hydrogen-bond donors (Lipinski definition) is 11. The van der Waals surface area contributed by atoms with Crippen molar-refractivity contribution in [3.63, 3.8) is 0 Å². The number of anilines is 3. The molecule has 0 bridgehead atoms. The highest BCUT2D eigenvalue weighted by Gasteiger charge is 2.31. The number of urea groups is 1. The lowest BCUT2D eigenvalue weighted by Crippen LogP contribution is -2.41. The molecule has 7 aromatic rings. The first kappa shape index (κ1) is 73.7. The van der Waals surface area contributed by atoms with Gasteiger partial charge in [-0.1, -0.05) is 205 Å². The Bertz CT molecular complexity index is 3920. The molecule has 0 saturated heterocycles. The zero-order chi connectivity index (χ0) is 68.0. The number of para-hydroxylation sites is 2. The molecule has 4 unspecified atom stereocenters. The van der Waals surface area contributed by atoms with Crippen LogP contribution < -0.4 is 66.8 Å². The van der Waals surface area contributed by atoms with Crippen LogP contribution in [0.4, 0.5) is 21.9 Å². The first-order valence-electron chi connectivity index (χ1n) is 27.9. The van der Waals surface area contributed by atoms with E-state index in [2.05, 4.69) is 102 Å². The predicted molar refractivity (Wildman–Crippen MR) is 388 cm³/mol. The maximum absolute atomic E-state index is 11.8. The Morgan fingerprint density at radius 1 is 0.624 bits per heavy atom. The Labute approximate surface area is 568 Å². The molecule has 0 radical (unpaired) electrons. The van der Waals surface area contributed by atoms with Crippen LogP contribution in [-0.4, -0.2) is 71.5 Å². The number of guanidine groups is 4. The van der Waals surface area contributed by atoms with Gasteiger partial charge in [0.25, 0.3) is 0 Å². The summed E-state index contributed by atoms with van der Waals surface area (Å²) in [6, 6.07) is 51.1. The highest BCUT2D eigenvalue weighted by atomic mass is 35.5. The number of nitrogens with two attached hydrogens (primary N) is 9. The van der Waals surface area contributed by atoms with Crippen LogP contribution in [0.5, 0.6) is 0 Å². The third-order valence-corrected chi connectivity index (χ3v) is 15.8. The largest absolute Gasteiger partial charge is 0.369 e. The van der Waals surface area contributed by atoms with Crippen molar-refractivity contribution in [2.24, 2.45) is 87.3 Å². The van der Waals surface area contributed by atoms with E-state index < -0.39 is 12.3 Å². The molecule has 0 spiro atoms. The highest BCUT2D eigenvalue weighted by molar-refractivity contribution is 8.00. The summed E-state index contributed by atoms with van der Waals surface area (Å²) < 4.78 is 0. The van der Waals surface area contributed by atoms with Crippen LogP contribution in [0.15, 0.2) is 223 Å². The van der Waals surface area contributed by atoms with E-state index in [1.165, 1.54) is 23.0 Å². The molecule has 22 nitrogen and oxygen atoms in total. The topological polar surface area (TPSA) is 400 Å². The van der Waals surface area contributed by atoms with E-state index in [0.29, 0.717) is 47.5 Å². The molecule has 10 rings (SSSR count). The molecule has 4 atom stereocenters. The van der Waals surface area contributed by atoms with Gasteiger partial charge in [-0.05, 0) is 90.2 Å². The van der Waals surface area contributed by atoms with Crippen molar-refractivity contribution in [3.05, 3.63) is 246 Å². The molecule has 93 heavy (non-hydrogen) atoms. The van der Waals surface area contributed by atoms with E-state index in [4.69, 9.17) is 115 Å². The molecule has 20 N–H and O–H groups in total. The van der Waals surface area contributed by atoms with Crippen molar-refractivity contribution in [2.45, 2.75) is 48.6 Å². The van der Waals surface area contributed by atoms with Gasteiger partial charge in [-0.25, -0.2) is 4.79 Å². The fraction of sp³-hybridized carbons (Fsp3) is 0.123. The number of likely N-dealkylation sites (N-methyl/N-ethyl adjacent to an activating group) is 1. The van der Waals surface area contributed by atoms with E-state index in [9.17, 15) is 9.90 Å².